The number of carbonyl (C=O) groups excluding carboxylic acids is 3. The van der Waals surface area contributed by atoms with E-state index in [1.54, 1.807) is 11.0 Å². The highest BCUT2D eigenvalue weighted by Crippen LogP contribution is 2.35. The topological polar surface area (TPSA) is 69.7 Å². The molecule has 33 heavy (non-hydrogen) atoms. The molecular formula is C24H23Cl2N3O3S. The third kappa shape index (κ3) is 5.72. The molecule has 0 bridgehead atoms. The molecule has 2 aliphatic heterocycles. The largest absolute Gasteiger partial charge is 0.356 e. The Kier molecular flexibility index (Phi) is 7.63. The number of nitrogens with one attached hydrogen (secondary N) is 1. The molecule has 0 aromatic heterocycles. The van der Waals surface area contributed by atoms with Gasteiger partial charge in [-0.3, -0.25) is 14.5 Å². The van der Waals surface area contributed by atoms with Gasteiger partial charge in [-0.2, -0.15) is 0 Å². The summed E-state index contributed by atoms with van der Waals surface area (Å²) < 4.78 is 0. The van der Waals surface area contributed by atoms with Crippen LogP contribution in [0.4, 0.5) is 4.79 Å². The van der Waals surface area contributed by atoms with Crippen LogP contribution in [0.25, 0.3) is 0 Å². The van der Waals surface area contributed by atoms with Crippen LogP contribution >= 0.6 is 35.0 Å². The van der Waals surface area contributed by atoms with E-state index in [-0.39, 0.29) is 36.9 Å². The molecule has 1 fully saturated rings. The van der Waals surface area contributed by atoms with Gasteiger partial charge in [-0.25, -0.2) is 4.79 Å². The van der Waals surface area contributed by atoms with E-state index in [4.69, 9.17) is 23.2 Å². The summed E-state index contributed by atoms with van der Waals surface area (Å²) in [6.45, 7) is 0.844. The second-order valence-corrected chi connectivity index (χ2v) is 9.81. The van der Waals surface area contributed by atoms with Gasteiger partial charge in [0.2, 0.25) is 11.8 Å². The van der Waals surface area contributed by atoms with Gasteiger partial charge < -0.3 is 10.2 Å². The Bertz CT molecular complexity index is 1080. The molecule has 172 valence electrons. The van der Waals surface area contributed by atoms with E-state index in [2.05, 4.69) is 5.32 Å². The van der Waals surface area contributed by atoms with Gasteiger partial charge in [-0.1, -0.05) is 53.5 Å². The summed E-state index contributed by atoms with van der Waals surface area (Å²) >= 11 is 13.4. The fourth-order valence-electron chi connectivity index (χ4n) is 3.90. The maximum absolute atomic E-state index is 13.2. The minimum absolute atomic E-state index is 0.0419. The maximum Gasteiger partial charge on any atom is 0.327 e. The average molecular weight is 504 g/mol. The van der Waals surface area contributed by atoms with Crippen LogP contribution in [0.1, 0.15) is 17.5 Å². The van der Waals surface area contributed by atoms with Crippen molar-refractivity contribution in [3.8, 4) is 0 Å². The molecule has 0 radical (unpaired) electrons. The van der Waals surface area contributed by atoms with Crippen LogP contribution in [-0.4, -0.2) is 52.0 Å². The highest BCUT2D eigenvalue weighted by molar-refractivity contribution is 8.03. The first kappa shape index (κ1) is 23.7. The Labute approximate surface area is 206 Å². The smallest absolute Gasteiger partial charge is 0.327 e. The minimum Gasteiger partial charge on any atom is -0.356 e. The number of amides is 4. The van der Waals surface area contributed by atoms with Gasteiger partial charge in [0.15, 0.2) is 0 Å². The molecule has 2 heterocycles. The van der Waals surface area contributed by atoms with Crippen LogP contribution in [0.5, 0.6) is 0 Å². The lowest BCUT2D eigenvalue weighted by molar-refractivity contribution is -0.131. The molecule has 4 amide bonds. The van der Waals surface area contributed by atoms with Crippen molar-refractivity contribution in [1.29, 1.82) is 0 Å². The van der Waals surface area contributed by atoms with Gasteiger partial charge in [-0.15, -0.1) is 11.8 Å². The molecule has 2 aromatic rings. The number of rotatable bonds is 8. The Balaban J connectivity index is 1.35. The zero-order chi connectivity index (χ0) is 23.4. The second-order valence-electron chi connectivity index (χ2n) is 7.88. The van der Waals surface area contributed by atoms with Crippen molar-refractivity contribution in [2.75, 3.05) is 13.1 Å². The molecule has 2 unspecified atom stereocenters. The summed E-state index contributed by atoms with van der Waals surface area (Å²) in [6.07, 6.45) is 2.61. The zero-order valence-electron chi connectivity index (χ0n) is 17.7. The molecule has 4 rings (SSSR count). The number of halogens is 2. The molecule has 0 saturated carbocycles. The first-order valence-electron chi connectivity index (χ1n) is 10.6. The number of carbonyl (C=O) groups is 3. The summed E-state index contributed by atoms with van der Waals surface area (Å²) in [7, 11) is 0. The molecule has 2 aliphatic rings. The quantitative estimate of drug-likeness (QED) is 0.575. The third-order valence-corrected chi connectivity index (χ3v) is 7.19. The standard InChI is InChI=1S/C24H23Cl2N3O3S/c25-18-6-4-16(5-7-18)8-11-27-21(30)9-12-28-23(31)22-20(10-13-33-22)29(24(28)32)15-17-2-1-3-19(26)14-17/h1-7,10,13-14,20,22H,8-9,11-12,15H2,(H,27,30). The summed E-state index contributed by atoms with van der Waals surface area (Å²) in [5, 5.41) is 5.58. The van der Waals surface area contributed by atoms with Gasteiger partial charge in [0, 0.05) is 36.1 Å². The number of nitrogens with zero attached hydrogens (tertiary/aromatic N) is 2. The SMILES string of the molecule is O=C(CCN1C(=O)C2SC=CC2N(Cc2cccc(Cl)c2)C1=O)NCCc1ccc(Cl)cc1. The Morgan fingerprint density at radius 1 is 1.03 bits per heavy atom. The Hall–Kier alpha value is -2.48. The van der Waals surface area contributed by atoms with Crippen molar-refractivity contribution in [3.63, 3.8) is 0 Å². The maximum atomic E-state index is 13.2. The van der Waals surface area contributed by atoms with Gasteiger partial charge in [0.1, 0.15) is 5.25 Å². The number of hydrogen-bond acceptors (Lipinski definition) is 4. The molecule has 9 heteroatoms. The van der Waals surface area contributed by atoms with Crippen molar-refractivity contribution >= 4 is 52.8 Å². The van der Waals surface area contributed by atoms with Crippen LogP contribution in [0.15, 0.2) is 60.0 Å². The second kappa shape index (κ2) is 10.6. The number of urea groups is 1. The molecule has 6 nitrogen and oxygen atoms in total. The minimum atomic E-state index is -0.394. The summed E-state index contributed by atoms with van der Waals surface area (Å²) in [5.74, 6) is -0.457. The number of thioether (sulfide) groups is 1. The predicted molar refractivity (Wildman–Crippen MR) is 131 cm³/mol. The first-order chi connectivity index (χ1) is 15.9. The lowest BCUT2D eigenvalue weighted by Gasteiger charge is -2.41. The first-order valence-corrected chi connectivity index (χ1v) is 12.3. The van der Waals surface area contributed by atoms with E-state index in [9.17, 15) is 14.4 Å². The van der Waals surface area contributed by atoms with Crippen molar-refractivity contribution in [2.24, 2.45) is 0 Å². The lowest BCUT2D eigenvalue weighted by atomic mass is 10.1. The van der Waals surface area contributed by atoms with E-state index in [0.29, 0.717) is 29.6 Å². The van der Waals surface area contributed by atoms with Gasteiger partial charge in [-0.05, 0) is 47.2 Å². The number of benzene rings is 2. The average Bonchev–Trinajstić information content (AvgIpc) is 3.28. The molecular weight excluding hydrogens is 481 g/mol. The zero-order valence-corrected chi connectivity index (χ0v) is 20.1. The summed E-state index contributed by atoms with van der Waals surface area (Å²) in [5.41, 5.74) is 1.95. The molecule has 2 atom stereocenters. The normalized spacial score (nSPS) is 19.7. The number of hydrogen-bond donors (Lipinski definition) is 1. The van der Waals surface area contributed by atoms with Crippen molar-refractivity contribution in [3.05, 3.63) is 81.2 Å². The van der Waals surface area contributed by atoms with Crippen LogP contribution in [-0.2, 0) is 22.6 Å². The highest BCUT2D eigenvalue weighted by Gasteiger charge is 2.47. The van der Waals surface area contributed by atoms with E-state index in [1.165, 1.54) is 16.7 Å². The number of fused-ring (bicyclic) bond motifs is 1. The highest BCUT2D eigenvalue weighted by atomic mass is 35.5. The van der Waals surface area contributed by atoms with E-state index < -0.39 is 5.25 Å². The van der Waals surface area contributed by atoms with Crippen LogP contribution in [0.2, 0.25) is 10.0 Å². The molecule has 2 aromatic carbocycles. The van der Waals surface area contributed by atoms with Crippen molar-refractivity contribution in [2.45, 2.75) is 30.7 Å². The van der Waals surface area contributed by atoms with E-state index >= 15 is 0 Å². The lowest BCUT2D eigenvalue weighted by Crippen LogP contribution is -2.61. The predicted octanol–water partition coefficient (Wildman–Crippen LogP) is 4.50. The fourth-order valence-corrected chi connectivity index (χ4v) is 5.31. The molecule has 0 aliphatic carbocycles. The van der Waals surface area contributed by atoms with Gasteiger partial charge >= 0.3 is 6.03 Å². The fraction of sp³-hybridized carbons (Fsp3) is 0.292. The molecule has 1 N–H and O–H groups in total. The Morgan fingerprint density at radius 2 is 1.82 bits per heavy atom. The molecule has 1 saturated heterocycles. The van der Waals surface area contributed by atoms with Crippen LogP contribution in [0, 0.1) is 0 Å². The van der Waals surface area contributed by atoms with Crippen LogP contribution in [0.3, 0.4) is 0 Å². The van der Waals surface area contributed by atoms with Gasteiger partial charge in [0.05, 0.1) is 6.04 Å². The third-order valence-electron chi connectivity index (χ3n) is 5.61. The van der Waals surface area contributed by atoms with E-state index in [1.807, 2.05) is 53.9 Å². The monoisotopic (exact) mass is 503 g/mol. The summed E-state index contributed by atoms with van der Waals surface area (Å²) in [6, 6.07) is 14.1. The number of imide groups is 1. The van der Waals surface area contributed by atoms with Crippen molar-refractivity contribution < 1.29 is 14.4 Å². The molecule has 0 spiro atoms. The van der Waals surface area contributed by atoms with Crippen LogP contribution < -0.4 is 5.32 Å². The van der Waals surface area contributed by atoms with E-state index in [0.717, 1.165) is 11.1 Å². The van der Waals surface area contributed by atoms with Gasteiger partial charge in [0.25, 0.3) is 0 Å². The van der Waals surface area contributed by atoms with Crippen molar-refractivity contribution in [1.82, 2.24) is 15.1 Å². The Morgan fingerprint density at radius 3 is 2.58 bits per heavy atom. The summed E-state index contributed by atoms with van der Waals surface area (Å²) in [4.78, 5) is 41.4.